The summed E-state index contributed by atoms with van der Waals surface area (Å²) >= 11 is 0. The van der Waals surface area contributed by atoms with Gasteiger partial charge in [-0.15, -0.1) is 5.10 Å². The third-order valence-corrected chi connectivity index (χ3v) is 4.24. The van der Waals surface area contributed by atoms with Crippen molar-refractivity contribution in [2.45, 2.75) is 32.4 Å². The number of nitrogens with zero attached hydrogens (tertiary/aromatic N) is 4. The number of hydrogen-bond acceptors (Lipinski definition) is 5. The smallest absolute Gasteiger partial charge is 0.100 e. The Hall–Kier alpha value is -1.92. The predicted molar refractivity (Wildman–Crippen MR) is 87.8 cm³/mol. The molecule has 2 unspecified atom stereocenters. The van der Waals surface area contributed by atoms with Crippen molar-refractivity contribution in [2.75, 3.05) is 25.4 Å². The number of nitrogens with two attached hydrogens (primary N) is 1. The molecule has 1 fully saturated rings. The van der Waals surface area contributed by atoms with Gasteiger partial charge in [-0.3, -0.25) is 4.90 Å². The van der Waals surface area contributed by atoms with Gasteiger partial charge in [0.1, 0.15) is 5.69 Å². The summed E-state index contributed by atoms with van der Waals surface area (Å²) in [6.45, 7) is 7.57. The minimum atomic E-state index is 0.326. The van der Waals surface area contributed by atoms with Crippen molar-refractivity contribution in [3.05, 3.63) is 36.2 Å². The van der Waals surface area contributed by atoms with E-state index in [2.05, 4.69) is 34.4 Å². The molecule has 6 nitrogen and oxygen atoms in total. The van der Waals surface area contributed by atoms with Gasteiger partial charge in [0.2, 0.25) is 0 Å². The van der Waals surface area contributed by atoms with Gasteiger partial charge < -0.3 is 11.1 Å². The maximum atomic E-state index is 5.73. The molecule has 0 amide bonds. The van der Waals surface area contributed by atoms with E-state index in [1.807, 2.05) is 35.1 Å². The maximum Gasteiger partial charge on any atom is 0.100 e. The van der Waals surface area contributed by atoms with Crippen molar-refractivity contribution in [2.24, 2.45) is 0 Å². The van der Waals surface area contributed by atoms with Crippen LogP contribution in [0.25, 0.3) is 5.69 Å². The summed E-state index contributed by atoms with van der Waals surface area (Å²) in [5.74, 6) is 0. The van der Waals surface area contributed by atoms with Crippen molar-refractivity contribution in [3.63, 3.8) is 0 Å². The Balaban J connectivity index is 1.80. The summed E-state index contributed by atoms with van der Waals surface area (Å²) in [6, 6.07) is 8.53. The third kappa shape index (κ3) is 3.13. The summed E-state index contributed by atoms with van der Waals surface area (Å²) < 4.78 is 1.82. The summed E-state index contributed by atoms with van der Waals surface area (Å²) in [4.78, 5) is 2.50. The van der Waals surface area contributed by atoms with E-state index in [1.54, 1.807) is 0 Å². The Bertz CT molecular complexity index is 605. The van der Waals surface area contributed by atoms with E-state index in [9.17, 15) is 0 Å². The molecule has 6 heteroatoms. The Kier molecular flexibility index (Phi) is 4.40. The van der Waals surface area contributed by atoms with E-state index in [-0.39, 0.29) is 0 Å². The van der Waals surface area contributed by atoms with Crippen molar-refractivity contribution in [3.8, 4) is 5.69 Å². The highest BCUT2D eigenvalue weighted by atomic mass is 15.4. The molecule has 0 bridgehead atoms. The van der Waals surface area contributed by atoms with Crippen LogP contribution >= 0.6 is 0 Å². The Morgan fingerprint density at radius 2 is 2.14 bits per heavy atom. The molecule has 1 aliphatic rings. The first-order chi connectivity index (χ1) is 10.7. The Labute approximate surface area is 131 Å². The standard InChI is InChI=1S/C16H24N6/c1-3-16(21-9-8-18-12(2)10-21)15-11-22(20-19-15)14-6-4-13(17)5-7-14/h4-7,11-12,16,18H,3,8-10,17H2,1-2H3. The zero-order valence-electron chi connectivity index (χ0n) is 13.2. The van der Waals surface area contributed by atoms with Gasteiger partial charge in [0.05, 0.1) is 17.9 Å². The molecule has 0 saturated carbocycles. The quantitative estimate of drug-likeness (QED) is 0.839. The van der Waals surface area contributed by atoms with Gasteiger partial charge in [0.25, 0.3) is 0 Å². The molecule has 1 aliphatic heterocycles. The van der Waals surface area contributed by atoms with Gasteiger partial charge in [-0.05, 0) is 37.6 Å². The van der Waals surface area contributed by atoms with E-state index in [1.165, 1.54) is 0 Å². The molecule has 0 radical (unpaired) electrons. The summed E-state index contributed by atoms with van der Waals surface area (Å²) in [5, 5.41) is 12.2. The van der Waals surface area contributed by atoms with Crippen molar-refractivity contribution in [1.29, 1.82) is 0 Å². The molecule has 0 spiro atoms. The molecule has 2 aromatic rings. The minimum absolute atomic E-state index is 0.326. The second kappa shape index (κ2) is 6.46. The molecule has 2 heterocycles. The van der Waals surface area contributed by atoms with Gasteiger partial charge in [-0.25, -0.2) is 4.68 Å². The largest absolute Gasteiger partial charge is 0.399 e. The van der Waals surface area contributed by atoms with Gasteiger partial charge in [0.15, 0.2) is 0 Å². The van der Waals surface area contributed by atoms with Crippen molar-refractivity contribution < 1.29 is 0 Å². The van der Waals surface area contributed by atoms with Crippen LogP contribution in [0, 0.1) is 0 Å². The molecule has 2 atom stereocenters. The Morgan fingerprint density at radius 3 is 2.82 bits per heavy atom. The number of nitrogens with one attached hydrogen (secondary N) is 1. The number of rotatable bonds is 4. The molecular weight excluding hydrogens is 276 g/mol. The highest BCUT2D eigenvalue weighted by molar-refractivity contribution is 5.44. The molecule has 1 aromatic carbocycles. The molecule has 1 saturated heterocycles. The zero-order chi connectivity index (χ0) is 15.5. The molecule has 22 heavy (non-hydrogen) atoms. The van der Waals surface area contributed by atoms with E-state index in [4.69, 9.17) is 5.73 Å². The lowest BCUT2D eigenvalue weighted by Crippen LogP contribution is -2.50. The first-order valence-electron chi connectivity index (χ1n) is 7.93. The monoisotopic (exact) mass is 300 g/mol. The number of piperazine rings is 1. The Morgan fingerprint density at radius 1 is 1.36 bits per heavy atom. The van der Waals surface area contributed by atoms with Crippen LogP contribution in [0.3, 0.4) is 0 Å². The van der Waals surface area contributed by atoms with Crippen molar-refractivity contribution >= 4 is 5.69 Å². The fourth-order valence-electron chi connectivity index (χ4n) is 3.08. The SMILES string of the molecule is CCC(c1cn(-c2ccc(N)cc2)nn1)N1CCNC(C)C1. The fourth-order valence-corrected chi connectivity index (χ4v) is 3.08. The first kappa shape index (κ1) is 15.0. The molecule has 3 rings (SSSR count). The number of benzene rings is 1. The second-order valence-electron chi connectivity index (χ2n) is 5.95. The highest BCUT2D eigenvalue weighted by Crippen LogP contribution is 2.24. The first-order valence-corrected chi connectivity index (χ1v) is 7.93. The second-order valence-corrected chi connectivity index (χ2v) is 5.95. The van der Waals surface area contributed by atoms with Crippen LogP contribution < -0.4 is 11.1 Å². The summed E-state index contributed by atoms with van der Waals surface area (Å²) in [6.07, 6.45) is 3.07. The molecule has 1 aromatic heterocycles. The molecule has 118 valence electrons. The van der Waals surface area contributed by atoms with Crippen LogP contribution in [0.1, 0.15) is 32.0 Å². The minimum Gasteiger partial charge on any atom is -0.399 e. The third-order valence-electron chi connectivity index (χ3n) is 4.24. The molecule has 0 aliphatic carbocycles. The van der Waals surface area contributed by atoms with Gasteiger partial charge in [-0.2, -0.15) is 0 Å². The van der Waals surface area contributed by atoms with Crippen LogP contribution in [0.2, 0.25) is 0 Å². The number of aromatic nitrogens is 3. The normalized spacial score (nSPS) is 20.9. The van der Waals surface area contributed by atoms with Crippen LogP contribution in [0.4, 0.5) is 5.69 Å². The molecule has 3 N–H and O–H groups in total. The summed E-state index contributed by atoms with van der Waals surface area (Å²) in [5.41, 5.74) is 8.51. The maximum absolute atomic E-state index is 5.73. The van der Waals surface area contributed by atoms with Crippen LogP contribution in [-0.2, 0) is 0 Å². The van der Waals surface area contributed by atoms with E-state index < -0.39 is 0 Å². The van der Waals surface area contributed by atoms with Crippen LogP contribution in [0.5, 0.6) is 0 Å². The van der Waals surface area contributed by atoms with Crippen LogP contribution in [0.15, 0.2) is 30.5 Å². The van der Waals surface area contributed by atoms with Crippen molar-refractivity contribution in [1.82, 2.24) is 25.2 Å². The lowest BCUT2D eigenvalue weighted by molar-refractivity contribution is 0.142. The average molecular weight is 300 g/mol. The zero-order valence-corrected chi connectivity index (χ0v) is 13.2. The fraction of sp³-hybridized carbons (Fsp3) is 0.500. The highest BCUT2D eigenvalue weighted by Gasteiger charge is 2.25. The van der Waals surface area contributed by atoms with Gasteiger partial charge in [-0.1, -0.05) is 12.1 Å². The average Bonchev–Trinajstić information content (AvgIpc) is 2.98. The topological polar surface area (TPSA) is 72.0 Å². The number of hydrogen-bond donors (Lipinski definition) is 2. The lowest BCUT2D eigenvalue weighted by atomic mass is 10.1. The lowest BCUT2D eigenvalue weighted by Gasteiger charge is -2.36. The predicted octanol–water partition coefficient (Wildman–Crippen LogP) is 1.59. The number of anilines is 1. The van der Waals surface area contributed by atoms with E-state index >= 15 is 0 Å². The van der Waals surface area contributed by atoms with Gasteiger partial charge >= 0.3 is 0 Å². The summed E-state index contributed by atoms with van der Waals surface area (Å²) in [7, 11) is 0. The van der Waals surface area contributed by atoms with E-state index in [0.717, 1.165) is 43.1 Å². The van der Waals surface area contributed by atoms with Crippen LogP contribution in [-0.4, -0.2) is 45.6 Å². The molecular formula is C16H24N6. The van der Waals surface area contributed by atoms with Gasteiger partial charge in [0, 0.05) is 31.4 Å². The van der Waals surface area contributed by atoms with E-state index in [0.29, 0.717) is 12.1 Å². The number of nitrogen functional groups attached to an aromatic ring is 1.